The summed E-state index contributed by atoms with van der Waals surface area (Å²) in [5, 5.41) is 10.4. The molecule has 1 aliphatic carbocycles. The lowest BCUT2D eigenvalue weighted by atomic mass is 9.57. The number of aliphatic hydroxyl groups is 1. The molecule has 0 radical (unpaired) electrons. The molecular formula is C11H23NO. The summed E-state index contributed by atoms with van der Waals surface area (Å²) >= 11 is 0. The van der Waals surface area contributed by atoms with Crippen LogP contribution in [-0.2, 0) is 0 Å². The molecule has 0 amide bonds. The molecule has 1 fully saturated rings. The van der Waals surface area contributed by atoms with Gasteiger partial charge < -0.3 is 10.8 Å². The molecule has 2 nitrogen and oxygen atoms in total. The summed E-state index contributed by atoms with van der Waals surface area (Å²) in [5.41, 5.74) is 5.25. The fourth-order valence-corrected chi connectivity index (χ4v) is 2.67. The third-order valence-electron chi connectivity index (χ3n) is 3.92. The SMILES string of the molecule is CCCC(CN)C1(O)CC(C)C1C. The summed E-state index contributed by atoms with van der Waals surface area (Å²) in [6.45, 7) is 7.13. The first-order valence-electron chi connectivity index (χ1n) is 5.48. The molecule has 4 atom stereocenters. The maximum absolute atomic E-state index is 10.4. The van der Waals surface area contributed by atoms with Crippen LogP contribution in [-0.4, -0.2) is 17.3 Å². The molecule has 0 saturated heterocycles. The van der Waals surface area contributed by atoms with E-state index in [1.807, 2.05) is 0 Å². The van der Waals surface area contributed by atoms with E-state index < -0.39 is 5.60 Å². The predicted octanol–water partition coefficient (Wildman–Crippen LogP) is 1.77. The Labute approximate surface area is 81.5 Å². The van der Waals surface area contributed by atoms with Gasteiger partial charge in [-0.05, 0) is 31.2 Å². The number of rotatable bonds is 4. The van der Waals surface area contributed by atoms with Crippen LogP contribution in [0.2, 0.25) is 0 Å². The first-order valence-corrected chi connectivity index (χ1v) is 5.48. The molecule has 13 heavy (non-hydrogen) atoms. The second kappa shape index (κ2) is 3.97. The smallest absolute Gasteiger partial charge is 0.0718 e. The minimum Gasteiger partial charge on any atom is -0.389 e. The van der Waals surface area contributed by atoms with E-state index in [-0.39, 0.29) is 0 Å². The van der Waals surface area contributed by atoms with Crippen LogP contribution >= 0.6 is 0 Å². The Kier molecular flexibility index (Phi) is 3.36. The van der Waals surface area contributed by atoms with Crippen LogP contribution in [0, 0.1) is 17.8 Å². The summed E-state index contributed by atoms with van der Waals surface area (Å²) in [5.74, 6) is 1.40. The van der Waals surface area contributed by atoms with Gasteiger partial charge in [-0.2, -0.15) is 0 Å². The van der Waals surface area contributed by atoms with Crippen molar-refractivity contribution in [1.82, 2.24) is 0 Å². The van der Waals surface area contributed by atoms with Gasteiger partial charge >= 0.3 is 0 Å². The monoisotopic (exact) mass is 185 g/mol. The van der Waals surface area contributed by atoms with Crippen molar-refractivity contribution >= 4 is 0 Å². The third kappa shape index (κ3) is 1.75. The highest BCUT2D eigenvalue weighted by molar-refractivity contribution is 5.02. The van der Waals surface area contributed by atoms with E-state index >= 15 is 0 Å². The normalized spacial score (nSPS) is 41.3. The second-order valence-corrected chi connectivity index (χ2v) is 4.68. The van der Waals surface area contributed by atoms with Gasteiger partial charge in [-0.15, -0.1) is 0 Å². The Bertz CT molecular complexity index is 171. The Morgan fingerprint density at radius 1 is 1.54 bits per heavy atom. The summed E-state index contributed by atoms with van der Waals surface area (Å²) in [7, 11) is 0. The van der Waals surface area contributed by atoms with Crippen LogP contribution in [0.5, 0.6) is 0 Å². The van der Waals surface area contributed by atoms with Gasteiger partial charge in [-0.1, -0.05) is 27.2 Å². The largest absolute Gasteiger partial charge is 0.389 e. The highest BCUT2D eigenvalue weighted by atomic mass is 16.3. The van der Waals surface area contributed by atoms with E-state index in [9.17, 15) is 5.11 Å². The van der Waals surface area contributed by atoms with Gasteiger partial charge in [0, 0.05) is 5.92 Å². The van der Waals surface area contributed by atoms with E-state index in [0.717, 1.165) is 19.3 Å². The highest BCUT2D eigenvalue weighted by Crippen LogP contribution is 2.48. The van der Waals surface area contributed by atoms with E-state index in [4.69, 9.17) is 5.73 Å². The molecule has 0 heterocycles. The average Bonchev–Trinajstić information content (AvgIpc) is 2.13. The molecule has 1 aliphatic rings. The molecule has 0 bridgehead atoms. The lowest BCUT2D eigenvalue weighted by molar-refractivity contribution is -0.163. The topological polar surface area (TPSA) is 46.2 Å². The van der Waals surface area contributed by atoms with Crippen molar-refractivity contribution in [3.05, 3.63) is 0 Å². The first-order chi connectivity index (χ1) is 6.06. The van der Waals surface area contributed by atoms with Gasteiger partial charge in [0.1, 0.15) is 0 Å². The lowest BCUT2D eigenvalue weighted by Gasteiger charge is -2.53. The van der Waals surface area contributed by atoms with Gasteiger partial charge in [-0.3, -0.25) is 0 Å². The quantitative estimate of drug-likeness (QED) is 0.701. The van der Waals surface area contributed by atoms with Gasteiger partial charge in [0.15, 0.2) is 0 Å². The number of hydrogen-bond acceptors (Lipinski definition) is 2. The highest BCUT2D eigenvalue weighted by Gasteiger charge is 2.51. The van der Waals surface area contributed by atoms with Crippen molar-refractivity contribution < 1.29 is 5.11 Å². The minimum atomic E-state index is -0.454. The van der Waals surface area contributed by atoms with E-state index in [1.165, 1.54) is 0 Å². The van der Waals surface area contributed by atoms with Crippen molar-refractivity contribution in [3.63, 3.8) is 0 Å². The van der Waals surface area contributed by atoms with Crippen molar-refractivity contribution in [3.8, 4) is 0 Å². The Hall–Kier alpha value is -0.0800. The molecule has 0 aliphatic heterocycles. The van der Waals surface area contributed by atoms with Gasteiger partial charge in [0.2, 0.25) is 0 Å². The van der Waals surface area contributed by atoms with Crippen LogP contribution in [0.4, 0.5) is 0 Å². The maximum Gasteiger partial charge on any atom is 0.0718 e. The maximum atomic E-state index is 10.4. The van der Waals surface area contributed by atoms with Crippen molar-refractivity contribution in [2.24, 2.45) is 23.5 Å². The standard InChI is InChI=1S/C11H23NO/c1-4-5-10(7-12)11(13)6-8(2)9(11)3/h8-10,13H,4-7,12H2,1-3H3. The zero-order chi connectivity index (χ0) is 10.1. The molecule has 2 heteroatoms. The summed E-state index contributed by atoms with van der Waals surface area (Å²) in [6.07, 6.45) is 3.12. The first kappa shape index (κ1) is 11.0. The van der Waals surface area contributed by atoms with Gasteiger partial charge in [0.25, 0.3) is 0 Å². The molecule has 0 aromatic rings. The number of nitrogens with two attached hydrogens (primary N) is 1. The van der Waals surface area contributed by atoms with Crippen LogP contribution in [0.1, 0.15) is 40.0 Å². The molecule has 1 saturated carbocycles. The zero-order valence-electron chi connectivity index (χ0n) is 9.09. The summed E-state index contributed by atoms with van der Waals surface area (Å²) in [6, 6.07) is 0. The summed E-state index contributed by atoms with van der Waals surface area (Å²) in [4.78, 5) is 0. The molecule has 3 N–H and O–H groups in total. The number of hydrogen-bond donors (Lipinski definition) is 2. The predicted molar refractivity (Wildman–Crippen MR) is 55.3 cm³/mol. The van der Waals surface area contributed by atoms with E-state index in [2.05, 4.69) is 20.8 Å². The van der Waals surface area contributed by atoms with Crippen LogP contribution in [0.15, 0.2) is 0 Å². The molecule has 0 aromatic carbocycles. The van der Waals surface area contributed by atoms with Crippen molar-refractivity contribution in [2.75, 3.05) is 6.54 Å². The average molecular weight is 185 g/mol. The van der Waals surface area contributed by atoms with E-state index in [1.54, 1.807) is 0 Å². The van der Waals surface area contributed by atoms with Crippen LogP contribution in [0.3, 0.4) is 0 Å². The fourth-order valence-electron chi connectivity index (χ4n) is 2.67. The molecule has 1 rings (SSSR count). The van der Waals surface area contributed by atoms with Crippen LogP contribution < -0.4 is 5.73 Å². The molecule has 4 unspecified atom stereocenters. The third-order valence-corrected chi connectivity index (χ3v) is 3.92. The lowest BCUT2D eigenvalue weighted by Crippen LogP contribution is -2.58. The molecule has 78 valence electrons. The van der Waals surface area contributed by atoms with Gasteiger partial charge in [-0.25, -0.2) is 0 Å². The van der Waals surface area contributed by atoms with Crippen molar-refractivity contribution in [1.29, 1.82) is 0 Å². The summed E-state index contributed by atoms with van der Waals surface area (Å²) < 4.78 is 0. The molecule has 0 aromatic heterocycles. The van der Waals surface area contributed by atoms with Gasteiger partial charge in [0.05, 0.1) is 5.60 Å². The van der Waals surface area contributed by atoms with Crippen LogP contribution in [0.25, 0.3) is 0 Å². The minimum absolute atomic E-state index is 0.309. The molecular weight excluding hydrogens is 162 g/mol. The zero-order valence-corrected chi connectivity index (χ0v) is 9.09. The van der Waals surface area contributed by atoms with Crippen molar-refractivity contribution in [2.45, 2.75) is 45.6 Å². The fraction of sp³-hybridized carbons (Fsp3) is 1.00. The Morgan fingerprint density at radius 3 is 2.46 bits per heavy atom. The molecule has 0 spiro atoms. The Balaban J connectivity index is 2.57. The van der Waals surface area contributed by atoms with E-state index in [0.29, 0.717) is 24.3 Å². The second-order valence-electron chi connectivity index (χ2n) is 4.68. The Morgan fingerprint density at radius 2 is 2.15 bits per heavy atom.